The van der Waals surface area contributed by atoms with Crippen molar-refractivity contribution >= 4 is 18.0 Å². The average Bonchev–Trinajstić information content (AvgIpc) is 3.39. The first-order chi connectivity index (χ1) is 11.7. The Bertz CT molecular complexity index is 746. The summed E-state index contributed by atoms with van der Waals surface area (Å²) in [5.74, 6) is 1.83. The number of benzene rings is 1. The van der Waals surface area contributed by atoms with Crippen LogP contribution < -0.4 is 4.74 Å². The van der Waals surface area contributed by atoms with Crippen molar-refractivity contribution in [3.63, 3.8) is 0 Å². The zero-order valence-corrected chi connectivity index (χ0v) is 13.3. The second-order valence-corrected chi connectivity index (χ2v) is 7.16. The molecule has 0 spiro atoms. The van der Waals surface area contributed by atoms with Gasteiger partial charge in [0.15, 0.2) is 0 Å². The van der Waals surface area contributed by atoms with E-state index in [9.17, 15) is 9.59 Å². The first-order valence-electron chi connectivity index (χ1n) is 8.43. The summed E-state index contributed by atoms with van der Waals surface area (Å²) in [5.41, 5.74) is 0.829. The molecule has 6 atom stereocenters. The van der Waals surface area contributed by atoms with E-state index >= 15 is 0 Å². The number of hydrogen-bond acceptors (Lipinski definition) is 4. The molecule has 1 aromatic rings. The zero-order chi connectivity index (χ0) is 16.4. The van der Waals surface area contributed by atoms with Crippen molar-refractivity contribution < 1.29 is 14.3 Å². The lowest BCUT2D eigenvalue weighted by Gasteiger charge is -2.37. The Balaban J connectivity index is 1.41. The van der Waals surface area contributed by atoms with Crippen molar-refractivity contribution in [1.82, 2.24) is 5.01 Å². The first kappa shape index (κ1) is 14.0. The summed E-state index contributed by atoms with van der Waals surface area (Å²) in [7, 11) is 1.61. The Morgan fingerprint density at radius 3 is 2.17 bits per heavy atom. The smallest absolute Gasteiger partial charge is 0.254 e. The van der Waals surface area contributed by atoms with Gasteiger partial charge in [-0.25, -0.2) is 0 Å². The molecule has 2 amide bonds. The number of methoxy groups -OCH3 is 1. The Morgan fingerprint density at radius 2 is 1.62 bits per heavy atom. The minimum absolute atomic E-state index is 0.125. The van der Waals surface area contributed by atoms with Gasteiger partial charge < -0.3 is 4.74 Å². The van der Waals surface area contributed by atoms with Crippen LogP contribution in [0.15, 0.2) is 41.5 Å². The van der Waals surface area contributed by atoms with Crippen LogP contribution in [0.3, 0.4) is 0 Å². The highest BCUT2D eigenvalue weighted by Crippen LogP contribution is 2.65. The zero-order valence-electron chi connectivity index (χ0n) is 13.3. The van der Waals surface area contributed by atoms with Crippen LogP contribution in [0.25, 0.3) is 0 Å². The molecule has 24 heavy (non-hydrogen) atoms. The maximum atomic E-state index is 12.8. The van der Waals surface area contributed by atoms with Crippen molar-refractivity contribution in [2.45, 2.75) is 6.42 Å². The van der Waals surface area contributed by atoms with Gasteiger partial charge in [-0.05, 0) is 59.9 Å². The number of amides is 2. The second kappa shape index (κ2) is 4.79. The maximum Gasteiger partial charge on any atom is 0.254 e. The summed E-state index contributed by atoms with van der Waals surface area (Å²) >= 11 is 0. The molecule has 0 N–H and O–H groups in total. The van der Waals surface area contributed by atoms with Crippen LogP contribution in [0, 0.1) is 35.5 Å². The number of hydrazone groups is 1. The van der Waals surface area contributed by atoms with Gasteiger partial charge in [0, 0.05) is 0 Å². The number of ether oxygens (including phenoxy) is 1. The molecule has 3 fully saturated rings. The topological polar surface area (TPSA) is 59.0 Å². The molecule has 6 rings (SSSR count). The number of nitrogens with zero attached hydrogens (tertiary/aromatic N) is 2. The fourth-order valence-electron chi connectivity index (χ4n) is 4.87. The summed E-state index contributed by atoms with van der Waals surface area (Å²) in [6.45, 7) is 0. The maximum absolute atomic E-state index is 12.8. The molecule has 5 nitrogen and oxygen atoms in total. The number of allylic oxidation sites excluding steroid dienone is 2. The molecule has 5 heteroatoms. The number of hydrogen-bond donors (Lipinski definition) is 0. The van der Waals surface area contributed by atoms with Gasteiger partial charge in [0.1, 0.15) is 5.75 Å². The monoisotopic (exact) mass is 322 g/mol. The molecular weight excluding hydrogens is 304 g/mol. The summed E-state index contributed by atoms with van der Waals surface area (Å²) in [6.07, 6.45) is 7.08. The third-order valence-electron chi connectivity index (χ3n) is 6.08. The quantitative estimate of drug-likeness (QED) is 0.486. The summed E-state index contributed by atoms with van der Waals surface area (Å²) in [6, 6.07) is 7.35. The normalized spacial score (nSPS) is 38.6. The van der Waals surface area contributed by atoms with E-state index in [1.165, 1.54) is 6.42 Å². The Labute approximate surface area is 140 Å². The van der Waals surface area contributed by atoms with Gasteiger partial charge in [-0.3, -0.25) is 9.59 Å². The number of carbonyl (C=O) groups excluding carboxylic acids is 2. The Kier molecular flexibility index (Phi) is 2.78. The number of imide groups is 1. The van der Waals surface area contributed by atoms with Crippen LogP contribution in [0.2, 0.25) is 0 Å². The molecule has 2 bridgehead atoms. The van der Waals surface area contributed by atoms with Crippen molar-refractivity contribution in [3.05, 3.63) is 42.0 Å². The van der Waals surface area contributed by atoms with Crippen LogP contribution in [0.1, 0.15) is 12.0 Å². The molecule has 1 aromatic carbocycles. The summed E-state index contributed by atoms with van der Waals surface area (Å²) < 4.78 is 5.12. The largest absolute Gasteiger partial charge is 0.497 e. The van der Waals surface area contributed by atoms with Crippen molar-refractivity contribution in [3.8, 4) is 5.75 Å². The van der Waals surface area contributed by atoms with E-state index in [1.54, 1.807) is 13.3 Å². The third-order valence-corrected chi connectivity index (χ3v) is 6.08. The molecule has 0 radical (unpaired) electrons. The van der Waals surface area contributed by atoms with Crippen LogP contribution >= 0.6 is 0 Å². The highest BCUT2D eigenvalue weighted by Gasteiger charge is 2.67. The molecule has 1 heterocycles. The molecule has 2 saturated carbocycles. The fourth-order valence-corrected chi connectivity index (χ4v) is 4.87. The SMILES string of the molecule is COc1ccc(/C=N/N2C(=O)C3C4C=CC(C5CC45)C3C2=O)cc1. The van der Waals surface area contributed by atoms with Crippen LogP contribution in [0.4, 0.5) is 0 Å². The van der Waals surface area contributed by atoms with Gasteiger partial charge in [0.2, 0.25) is 0 Å². The van der Waals surface area contributed by atoms with Gasteiger partial charge in [-0.2, -0.15) is 10.1 Å². The summed E-state index contributed by atoms with van der Waals surface area (Å²) in [5, 5.41) is 5.32. The van der Waals surface area contributed by atoms with Crippen molar-refractivity contribution in [2.75, 3.05) is 7.11 Å². The molecule has 5 aliphatic rings. The fraction of sp³-hybridized carbons (Fsp3) is 0.421. The number of rotatable bonds is 3. The first-order valence-corrected chi connectivity index (χ1v) is 8.43. The van der Waals surface area contributed by atoms with E-state index in [1.807, 2.05) is 24.3 Å². The lowest BCUT2D eigenvalue weighted by atomic mass is 9.63. The van der Waals surface area contributed by atoms with Gasteiger partial charge in [0.25, 0.3) is 11.8 Å². The lowest BCUT2D eigenvalue weighted by molar-refractivity contribution is -0.140. The standard InChI is InChI=1S/C19H18N2O3/c1-24-11-4-2-10(3-5-11)9-20-21-18(22)16-12-6-7-13(15-8-14(12)15)17(16)19(21)23/h2-7,9,12-17H,8H2,1H3/b20-9+. The predicted octanol–water partition coefficient (Wildman–Crippen LogP) is 2.08. The lowest BCUT2D eigenvalue weighted by Crippen LogP contribution is -2.40. The molecule has 6 unspecified atom stereocenters. The summed E-state index contributed by atoms with van der Waals surface area (Å²) in [4.78, 5) is 25.5. The van der Waals surface area contributed by atoms with Crippen molar-refractivity contribution in [1.29, 1.82) is 0 Å². The molecule has 1 aliphatic heterocycles. The molecule has 0 aromatic heterocycles. The highest BCUT2D eigenvalue weighted by molar-refractivity contribution is 6.06. The van der Waals surface area contributed by atoms with Gasteiger partial charge in [-0.15, -0.1) is 0 Å². The van der Waals surface area contributed by atoms with Crippen LogP contribution in [-0.2, 0) is 9.59 Å². The minimum atomic E-state index is -0.190. The molecular formula is C19H18N2O3. The van der Waals surface area contributed by atoms with Gasteiger partial charge >= 0.3 is 0 Å². The second-order valence-electron chi connectivity index (χ2n) is 7.16. The van der Waals surface area contributed by atoms with E-state index in [0.717, 1.165) is 16.3 Å². The van der Waals surface area contributed by atoms with Gasteiger partial charge in [-0.1, -0.05) is 12.2 Å². The minimum Gasteiger partial charge on any atom is -0.497 e. The van der Waals surface area contributed by atoms with Crippen LogP contribution in [0.5, 0.6) is 5.75 Å². The van der Waals surface area contributed by atoms with Crippen molar-refractivity contribution in [2.24, 2.45) is 40.6 Å². The Morgan fingerprint density at radius 1 is 1.04 bits per heavy atom. The molecule has 122 valence electrons. The average molecular weight is 322 g/mol. The number of carbonyl (C=O) groups is 2. The van der Waals surface area contributed by atoms with E-state index in [4.69, 9.17) is 4.74 Å². The Hall–Kier alpha value is -2.43. The van der Waals surface area contributed by atoms with E-state index < -0.39 is 0 Å². The van der Waals surface area contributed by atoms with E-state index in [2.05, 4.69) is 17.3 Å². The highest BCUT2D eigenvalue weighted by atomic mass is 16.5. The van der Waals surface area contributed by atoms with E-state index in [-0.39, 0.29) is 35.5 Å². The van der Waals surface area contributed by atoms with E-state index in [0.29, 0.717) is 11.8 Å². The third kappa shape index (κ3) is 1.78. The molecule has 1 saturated heterocycles. The van der Waals surface area contributed by atoms with Gasteiger partial charge in [0.05, 0.1) is 25.2 Å². The van der Waals surface area contributed by atoms with Crippen LogP contribution in [-0.4, -0.2) is 30.1 Å². The molecule has 4 aliphatic carbocycles. The predicted molar refractivity (Wildman–Crippen MR) is 87.1 cm³/mol.